The molecule has 0 aromatic heterocycles. The minimum Gasteiger partial charge on any atom is -0.492 e. The van der Waals surface area contributed by atoms with Gasteiger partial charge in [0.1, 0.15) is 5.75 Å². The summed E-state index contributed by atoms with van der Waals surface area (Å²) in [4.78, 5) is 12.2. The van der Waals surface area contributed by atoms with Gasteiger partial charge < -0.3 is 10.1 Å². The standard InChI is InChI=1S/C16H21NO2/c1-3-19-15-11-12(2)9-10-14(15)17-16(18)13-7-5-4-6-8-13/h4-5,9-11,13H,3,6-8H2,1-2H3,(H,17,18). The lowest BCUT2D eigenvalue weighted by molar-refractivity contribution is -0.120. The predicted molar refractivity (Wildman–Crippen MR) is 77.5 cm³/mol. The molecule has 0 spiro atoms. The lowest BCUT2D eigenvalue weighted by Crippen LogP contribution is -2.23. The van der Waals surface area contributed by atoms with Gasteiger partial charge in [0.05, 0.1) is 12.3 Å². The Kier molecular flexibility index (Phi) is 4.61. The van der Waals surface area contributed by atoms with E-state index in [-0.39, 0.29) is 11.8 Å². The van der Waals surface area contributed by atoms with Crippen molar-refractivity contribution in [2.75, 3.05) is 11.9 Å². The number of anilines is 1. The van der Waals surface area contributed by atoms with Crippen molar-refractivity contribution in [3.05, 3.63) is 35.9 Å². The second-order valence-corrected chi connectivity index (χ2v) is 4.90. The van der Waals surface area contributed by atoms with E-state index in [0.717, 1.165) is 36.3 Å². The molecule has 102 valence electrons. The average Bonchev–Trinajstić information content (AvgIpc) is 2.43. The molecular formula is C16H21NO2. The highest BCUT2D eigenvalue weighted by molar-refractivity contribution is 5.94. The van der Waals surface area contributed by atoms with Gasteiger partial charge in [0, 0.05) is 5.92 Å². The zero-order chi connectivity index (χ0) is 13.7. The zero-order valence-electron chi connectivity index (χ0n) is 11.6. The molecule has 1 aromatic carbocycles. The predicted octanol–water partition coefficient (Wildman–Crippen LogP) is 3.69. The zero-order valence-corrected chi connectivity index (χ0v) is 11.6. The third-order valence-electron chi connectivity index (χ3n) is 3.33. The summed E-state index contributed by atoms with van der Waals surface area (Å²) in [5.74, 6) is 0.928. The lowest BCUT2D eigenvalue weighted by Gasteiger charge is -2.19. The molecule has 3 heteroatoms. The van der Waals surface area contributed by atoms with E-state index >= 15 is 0 Å². The maximum Gasteiger partial charge on any atom is 0.227 e. The van der Waals surface area contributed by atoms with E-state index in [1.807, 2.05) is 32.0 Å². The number of benzene rings is 1. The molecule has 3 nitrogen and oxygen atoms in total. The SMILES string of the molecule is CCOc1cc(C)ccc1NC(=O)C1CC=CCC1. The van der Waals surface area contributed by atoms with Gasteiger partial charge in [-0.3, -0.25) is 4.79 Å². The molecule has 0 fully saturated rings. The number of rotatable bonds is 4. The summed E-state index contributed by atoms with van der Waals surface area (Å²) in [5.41, 5.74) is 1.90. The van der Waals surface area contributed by atoms with Crippen LogP contribution in [0, 0.1) is 12.8 Å². The van der Waals surface area contributed by atoms with Crippen molar-refractivity contribution in [1.82, 2.24) is 0 Å². The first-order valence-corrected chi connectivity index (χ1v) is 6.90. The van der Waals surface area contributed by atoms with Gasteiger partial charge >= 0.3 is 0 Å². The third-order valence-corrected chi connectivity index (χ3v) is 3.33. The van der Waals surface area contributed by atoms with E-state index in [9.17, 15) is 4.79 Å². The van der Waals surface area contributed by atoms with Crippen LogP contribution in [0.4, 0.5) is 5.69 Å². The number of allylic oxidation sites excluding steroid dienone is 2. The van der Waals surface area contributed by atoms with Crippen LogP contribution < -0.4 is 10.1 Å². The summed E-state index contributed by atoms with van der Waals surface area (Å²) in [6.45, 7) is 4.55. The monoisotopic (exact) mass is 259 g/mol. The fourth-order valence-corrected chi connectivity index (χ4v) is 2.27. The number of hydrogen-bond donors (Lipinski definition) is 1. The molecule has 1 aliphatic carbocycles. The summed E-state index contributed by atoms with van der Waals surface area (Å²) in [5, 5.41) is 2.99. The minimum atomic E-state index is 0.0841. The van der Waals surface area contributed by atoms with Gasteiger partial charge in [-0.25, -0.2) is 0 Å². The summed E-state index contributed by atoms with van der Waals surface area (Å²) in [6.07, 6.45) is 6.98. The van der Waals surface area contributed by atoms with Crippen molar-refractivity contribution in [3.63, 3.8) is 0 Å². The molecule has 0 radical (unpaired) electrons. The Labute approximate surface area is 114 Å². The number of aryl methyl sites for hydroxylation is 1. The van der Waals surface area contributed by atoms with Crippen molar-refractivity contribution in [2.24, 2.45) is 5.92 Å². The molecule has 1 N–H and O–H groups in total. The highest BCUT2D eigenvalue weighted by Crippen LogP contribution is 2.27. The molecule has 1 aromatic rings. The van der Waals surface area contributed by atoms with Crippen molar-refractivity contribution < 1.29 is 9.53 Å². The number of carbonyl (C=O) groups excluding carboxylic acids is 1. The van der Waals surface area contributed by atoms with Crippen molar-refractivity contribution in [1.29, 1.82) is 0 Å². The largest absolute Gasteiger partial charge is 0.492 e. The van der Waals surface area contributed by atoms with Crippen LogP contribution in [0.15, 0.2) is 30.4 Å². The van der Waals surface area contributed by atoms with E-state index in [1.54, 1.807) is 0 Å². The molecule has 2 rings (SSSR count). The maximum atomic E-state index is 12.2. The van der Waals surface area contributed by atoms with Crippen LogP contribution in [0.2, 0.25) is 0 Å². The Balaban J connectivity index is 2.09. The first-order chi connectivity index (χ1) is 9.20. The summed E-state index contributed by atoms with van der Waals surface area (Å²) < 4.78 is 5.58. The summed E-state index contributed by atoms with van der Waals surface area (Å²) in [7, 11) is 0. The number of amides is 1. The lowest BCUT2D eigenvalue weighted by atomic mass is 9.93. The average molecular weight is 259 g/mol. The van der Waals surface area contributed by atoms with Gasteiger partial charge in [-0.05, 0) is 50.8 Å². The minimum absolute atomic E-state index is 0.0841. The van der Waals surface area contributed by atoms with E-state index in [2.05, 4.69) is 17.5 Å². The van der Waals surface area contributed by atoms with Crippen LogP contribution in [0.3, 0.4) is 0 Å². The van der Waals surface area contributed by atoms with Gasteiger partial charge in [0.2, 0.25) is 5.91 Å². The fraction of sp³-hybridized carbons (Fsp3) is 0.438. The van der Waals surface area contributed by atoms with Crippen LogP contribution in [-0.4, -0.2) is 12.5 Å². The third kappa shape index (κ3) is 3.60. The number of carbonyl (C=O) groups is 1. The second-order valence-electron chi connectivity index (χ2n) is 4.90. The maximum absolute atomic E-state index is 12.2. The first kappa shape index (κ1) is 13.7. The molecule has 0 bridgehead atoms. The summed E-state index contributed by atoms with van der Waals surface area (Å²) >= 11 is 0. The number of ether oxygens (including phenoxy) is 1. The Morgan fingerprint density at radius 1 is 1.42 bits per heavy atom. The molecule has 1 amide bonds. The van der Waals surface area contributed by atoms with Crippen molar-refractivity contribution in [2.45, 2.75) is 33.1 Å². The first-order valence-electron chi connectivity index (χ1n) is 6.90. The van der Waals surface area contributed by atoms with Gasteiger partial charge in [0.15, 0.2) is 0 Å². The second kappa shape index (κ2) is 6.41. The Hall–Kier alpha value is -1.77. The molecule has 0 saturated heterocycles. The molecule has 1 aliphatic rings. The Morgan fingerprint density at radius 2 is 2.26 bits per heavy atom. The van der Waals surface area contributed by atoms with Crippen LogP contribution in [0.25, 0.3) is 0 Å². The molecule has 0 aliphatic heterocycles. The van der Waals surface area contributed by atoms with Crippen LogP contribution in [0.1, 0.15) is 31.7 Å². The topological polar surface area (TPSA) is 38.3 Å². The van der Waals surface area contributed by atoms with E-state index < -0.39 is 0 Å². The highest BCUT2D eigenvalue weighted by atomic mass is 16.5. The molecular weight excluding hydrogens is 238 g/mol. The number of nitrogens with one attached hydrogen (secondary N) is 1. The van der Waals surface area contributed by atoms with Gasteiger partial charge in [-0.2, -0.15) is 0 Å². The van der Waals surface area contributed by atoms with Crippen LogP contribution in [-0.2, 0) is 4.79 Å². The molecule has 19 heavy (non-hydrogen) atoms. The van der Waals surface area contributed by atoms with Crippen LogP contribution in [0.5, 0.6) is 5.75 Å². The van der Waals surface area contributed by atoms with Crippen molar-refractivity contribution >= 4 is 11.6 Å². The molecule has 1 unspecified atom stereocenters. The van der Waals surface area contributed by atoms with E-state index in [1.165, 1.54) is 0 Å². The van der Waals surface area contributed by atoms with Crippen molar-refractivity contribution in [3.8, 4) is 5.75 Å². The highest BCUT2D eigenvalue weighted by Gasteiger charge is 2.19. The normalized spacial score (nSPS) is 18.1. The quantitative estimate of drug-likeness (QED) is 0.837. The molecule has 1 atom stereocenters. The van der Waals surface area contributed by atoms with E-state index in [4.69, 9.17) is 4.74 Å². The van der Waals surface area contributed by atoms with Gasteiger partial charge in [-0.15, -0.1) is 0 Å². The van der Waals surface area contributed by atoms with Gasteiger partial charge in [-0.1, -0.05) is 18.2 Å². The molecule has 0 heterocycles. The fourth-order valence-electron chi connectivity index (χ4n) is 2.27. The number of hydrogen-bond acceptors (Lipinski definition) is 2. The smallest absolute Gasteiger partial charge is 0.227 e. The van der Waals surface area contributed by atoms with E-state index in [0.29, 0.717) is 6.61 Å². The van der Waals surface area contributed by atoms with Gasteiger partial charge in [0.25, 0.3) is 0 Å². The Bertz CT molecular complexity index is 480. The van der Waals surface area contributed by atoms with Crippen LogP contribution >= 0.6 is 0 Å². The Morgan fingerprint density at radius 3 is 2.95 bits per heavy atom. The molecule has 0 saturated carbocycles. The summed E-state index contributed by atoms with van der Waals surface area (Å²) in [6, 6.07) is 5.86.